The van der Waals surface area contributed by atoms with Crippen LogP contribution in [0.25, 0.3) is 44.7 Å². The Bertz CT molecular complexity index is 6530. The number of aliphatic imine (C=N–C) groups is 2. The molecule has 9 fully saturated rings. The molecule has 0 spiro atoms. The molecular weight excluding hydrogens is 1970 g/mol. The van der Waals surface area contributed by atoms with Crippen LogP contribution in [0.2, 0.25) is 0 Å². The summed E-state index contributed by atoms with van der Waals surface area (Å²) in [6, 6.07) is 0. The minimum Gasteiger partial charge on any atom is -0.387 e. The SMILES string of the molecule is Cc1nc2c(ncn2[C@@H]2O[C@@H]3COP(=O)(O)O[C@H]4[C@@H](F)[C@H](n5cnc6c5N=C(N)CC6=O)O[C@@H]4COP(=O)(O)O[C@H]3[C@H]2O)c(=O)[nH]1.Cc1ncnc2c1ncn2[C@@H]1O[C@@H]2COP(=O)(O)O[C@H]3[C@@H](F)[C@H](n4cnc5c(N)ncnc54)O[C@@H]3COP(=O)(O)O[C@H]2[C@H]1F.NC1=Nc2c(ncn2[C@@H]2O[C@@H]3COP(=O)(O)O[C@H]4[C@@H](F)[C@H](n5cnc6c(=O)[nH]c(N)nc65)O[C@@H]4COP(=O)(O)O[C@H]3[C@H]2F)C(=O)C1. The molecule has 136 heavy (non-hydrogen) atoms. The quantitative estimate of drug-likeness (QED) is 0.0777. The van der Waals surface area contributed by atoms with Gasteiger partial charge in [-0.15, -0.1) is 0 Å². The highest BCUT2D eigenvalue weighted by molar-refractivity contribution is 7.48. The van der Waals surface area contributed by atoms with Crippen LogP contribution >= 0.6 is 46.9 Å². The number of halogens is 5. The molecule has 6 unspecified atom stereocenters. The summed E-state index contributed by atoms with van der Waals surface area (Å²) in [4.78, 5) is 173. The van der Waals surface area contributed by atoms with Crippen LogP contribution in [0.4, 0.5) is 45.4 Å². The number of phosphoric ester groups is 6. The summed E-state index contributed by atoms with van der Waals surface area (Å²) in [7, 11) is -30.9. The first-order valence-corrected chi connectivity index (χ1v) is 48.7. The summed E-state index contributed by atoms with van der Waals surface area (Å²) in [5.74, 6) is -1.52. The molecule has 30 atom stereocenters. The second kappa shape index (κ2) is 35.8. The first-order chi connectivity index (χ1) is 64.3. The summed E-state index contributed by atoms with van der Waals surface area (Å²) in [5.41, 5.74) is 21.9. The molecule has 10 aromatic rings. The number of aliphatic hydroxyl groups is 1. The number of ether oxygens (including phenoxy) is 6. The van der Waals surface area contributed by atoms with Gasteiger partial charge in [-0.1, -0.05) is 0 Å². The second-order valence-corrected chi connectivity index (χ2v) is 39.7. The summed E-state index contributed by atoms with van der Waals surface area (Å²) >= 11 is 0. The summed E-state index contributed by atoms with van der Waals surface area (Å²) in [6.45, 7) is -2.37. The number of imidazole rings is 6. The van der Waals surface area contributed by atoms with Gasteiger partial charge in [-0.2, -0.15) is 4.98 Å². The molecule has 0 radical (unpaired) electrons. The van der Waals surface area contributed by atoms with Gasteiger partial charge in [0.05, 0.1) is 96.1 Å². The summed E-state index contributed by atoms with van der Waals surface area (Å²) in [6.07, 6.45) is -34.9. The van der Waals surface area contributed by atoms with Crippen LogP contribution in [0.5, 0.6) is 0 Å². The van der Waals surface area contributed by atoms with E-state index in [1.54, 1.807) is 6.92 Å². The van der Waals surface area contributed by atoms with Gasteiger partial charge in [-0.25, -0.2) is 114 Å². The van der Waals surface area contributed by atoms with E-state index in [1.807, 2.05) is 0 Å². The Labute approximate surface area is 749 Å². The van der Waals surface area contributed by atoms with Crippen molar-refractivity contribution < 1.29 is 176 Å². The van der Waals surface area contributed by atoms with E-state index in [0.717, 1.165) is 56.2 Å². The Morgan fingerprint density at radius 2 is 0.669 bits per heavy atom. The van der Waals surface area contributed by atoms with Gasteiger partial charge in [0, 0.05) is 0 Å². The van der Waals surface area contributed by atoms with Crippen molar-refractivity contribution in [2.45, 2.75) is 174 Å². The van der Waals surface area contributed by atoms with Gasteiger partial charge in [0.15, 0.2) is 142 Å². The first kappa shape index (κ1) is 95.1. The van der Waals surface area contributed by atoms with Gasteiger partial charge >= 0.3 is 46.9 Å². The number of amidine groups is 2. The van der Waals surface area contributed by atoms with Crippen molar-refractivity contribution in [1.29, 1.82) is 0 Å². The molecule has 0 aliphatic carbocycles. The number of aliphatic hydroxyl groups excluding tert-OH is 1. The number of hydrogen-bond donors (Lipinski definition) is 13. The number of H-pyrrole nitrogens is 2. The van der Waals surface area contributed by atoms with Crippen LogP contribution in [0.1, 0.15) is 82.7 Å². The molecule has 21 rings (SSSR count). The van der Waals surface area contributed by atoms with E-state index < -0.39 is 257 Å². The van der Waals surface area contributed by atoms with Crippen molar-refractivity contribution in [3.63, 3.8) is 0 Å². The van der Waals surface area contributed by atoms with Crippen molar-refractivity contribution in [2.24, 2.45) is 21.5 Å². The van der Waals surface area contributed by atoms with Crippen LogP contribution in [0, 0.1) is 13.8 Å². The lowest BCUT2D eigenvalue weighted by molar-refractivity contribution is -0.0666. The molecule has 10 aromatic heterocycles. The lowest BCUT2D eigenvalue weighted by atomic mass is 10.1. The number of nitrogen functional groups attached to an aromatic ring is 2. The number of phosphoric acid groups is 6. The number of fused-ring (bicyclic) bond motifs is 12. The number of carbonyl (C=O) groups is 2. The predicted octanol–water partition coefficient (Wildman–Crippen LogP) is 0.120. The molecule has 0 saturated carbocycles. The Balaban J connectivity index is 0.000000131. The number of nitrogens with two attached hydrogens (primary N) is 4. The van der Waals surface area contributed by atoms with E-state index in [4.69, 9.17) is 106 Å². The minimum atomic E-state index is -5.21. The fourth-order valence-electron chi connectivity index (χ4n) is 16.3. The van der Waals surface area contributed by atoms with E-state index in [2.05, 4.69) is 79.8 Å². The topological polar surface area (TPSA) is 823 Å². The lowest BCUT2D eigenvalue weighted by Gasteiger charge is -2.27. The standard InChI is InChI=1S/C22H25FN8O13P2.C21H23F2N9O12P2.C21H23F2N9O10P2/c1-7-27-19-14(20(34)28-7)26-6-31(19)22-15(33)17-10(42-22)4-40-45(35,36)43-16-9(3-39-46(37,38)44-17)41-21(12(16)23)30-5-25-13-8(32)2-11(24)29-18(13)30;22-10-14-7(41-19(10)31-4-26-12-6(33)1-9(24)28-16(12)31)2-39-46(37,38)44-15-8(3-40-45(35,36)43-14)42-20(11(15)23)32-5-27-13-17(32)29-21(25)30-18(13)34;1-8-13-18(27-4-25-8)31(6-29-13)20-11(22)15-9(39-20)2-37-44(35,36)42-16-10(3-38-43(33,34)41-15)40-21(12(16)23)32-7-30-14-17(24)26-5-28-19(14)32/h5-6,9-10,12,15-17,21-22,33H,2-4H2,1H3,(H2,24,29)(H,35,36)(H,37,38)(H,27,28,34);4-5,7-8,10-11,14-15,19-20H,1-3H2,(H2,24,28)(H,35,36)(H,37,38)(H3,25,29,30,34);4-7,9-12,15-16,20-21H,2-3H2,1H3,(H,33,34)(H,35,36)(H2,24,26,28)/t9-,10-,12-,15-,16-,17-,21-,22-;7-,8-,10-,11-,14-,15-,19-,20-;9-,10-,11-,12-,15-,16-,20-,21-/m111/s1. The van der Waals surface area contributed by atoms with Gasteiger partial charge in [-0.05, 0) is 13.8 Å². The molecule has 11 aliphatic rings. The number of aromatic nitrogens is 20. The zero-order valence-corrected chi connectivity index (χ0v) is 73.9. The zero-order chi connectivity index (χ0) is 96.4. The Hall–Kier alpha value is -9.87. The van der Waals surface area contributed by atoms with Crippen LogP contribution < -0.4 is 34.1 Å². The molecule has 61 nitrogen and oxygen atoms in total. The predicted molar refractivity (Wildman–Crippen MR) is 428 cm³/mol. The molecule has 17 N–H and O–H groups in total. The third kappa shape index (κ3) is 18.1. The van der Waals surface area contributed by atoms with Crippen molar-refractivity contribution >= 4 is 138 Å². The number of hydrogen-bond acceptors (Lipinski definition) is 47. The van der Waals surface area contributed by atoms with Gasteiger partial charge in [0.25, 0.3) is 11.1 Å². The van der Waals surface area contributed by atoms with Crippen molar-refractivity contribution in [3.8, 4) is 0 Å². The Morgan fingerprint density at radius 1 is 0.368 bits per heavy atom. The average Bonchev–Trinajstić information content (AvgIpc) is 1.62. The van der Waals surface area contributed by atoms with Gasteiger partial charge in [0.2, 0.25) is 5.95 Å². The smallest absolute Gasteiger partial charge is 0.387 e. The van der Waals surface area contributed by atoms with Gasteiger partial charge in [-0.3, -0.25) is 106 Å². The zero-order valence-electron chi connectivity index (χ0n) is 68.5. The molecule has 21 heterocycles. The number of carbonyl (C=O) groups excluding carboxylic acids is 2. The van der Waals surface area contributed by atoms with E-state index in [9.17, 15) is 81.0 Å². The van der Waals surface area contributed by atoms with E-state index >= 15 is 22.0 Å². The number of rotatable bonds is 6. The average molecular weight is 2050 g/mol. The molecule has 9 saturated heterocycles. The number of Topliss-reactive ketones (excluding diaryl/α,β-unsaturated/α-hetero) is 2. The molecule has 0 aromatic carbocycles. The number of alkyl halides is 5. The molecule has 72 heteroatoms. The lowest BCUT2D eigenvalue weighted by Crippen LogP contribution is -2.38. The molecule has 11 aliphatic heterocycles. The van der Waals surface area contributed by atoms with Crippen molar-refractivity contribution in [1.82, 2.24) is 97.2 Å². The number of anilines is 2. The van der Waals surface area contributed by atoms with Crippen molar-refractivity contribution in [3.05, 3.63) is 94.2 Å². The van der Waals surface area contributed by atoms with Crippen LogP contribution in [-0.4, -0.2) is 305 Å². The van der Waals surface area contributed by atoms with E-state index in [0.29, 0.717) is 11.2 Å². The van der Waals surface area contributed by atoms with E-state index in [1.165, 1.54) is 28.7 Å². The second-order valence-electron chi connectivity index (χ2n) is 31.3. The third-order valence-electron chi connectivity index (χ3n) is 22.4. The highest BCUT2D eigenvalue weighted by atomic mass is 31.2. The van der Waals surface area contributed by atoms with Crippen LogP contribution in [0.15, 0.2) is 70.2 Å². The molecule has 0 amide bonds. The maximum atomic E-state index is 15.9. The molecule has 732 valence electrons. The number of nitrogens with one attached hydrogen (secondary N) is 2. The fraction of sp³-hybridized carbons (Fsp3) is 0.531. The normalized spacial score (nSPS) is 38.4. The maximum Gasteiger partial charge on any atom is 0.472 e. The van der Waals surface area contributed by atoms with Gasteiger partial charge < -0.3 is 90.8 Å². The third-order valence-corrected chi connectivity index (χ3v) is 28.3. The first-order valence-electron chi connectivity index (χ1n) is 39.7. The van der Waals surface area contributed by atoms with Crippen LogP contribution in [0.3, 0.4) is 0 Å². The monoisotopic (exact) mass is 2040 g/mol. The van der Waals surface area contributed by atoms with E-state index in [-0.39, 0.29) is 104 Å². The number of nitrogens with zero attached hydrogens (tertiary/aromatic N) is 20. The van der Waals surface area contributed by atoms with Crippen molar-refractivity contribution in [2.75, 3.05) is 51.1 Å². The Kier molecular flexibility index (Phi) is 25.0. The summed E-state index contributed by atoms with van der Waals surface area (Å²) in [5, 5.41) is 11.1. The minimum absolute atomic E-state index is 0.00522. The van der Waals surface area contributed by atoms with Gasteiger partial charge in [0.1, 0.15) is 121 Å². The highest BCUT2D eigenvalue weighted by Gasteiger charge is 2.61. The summed E-state index contributed by atoms with van der Waals surface area (Å²) < 4.78 is 259. The largest absolute Gasteiger partial charge is 0.472 e. The molecule has 0 bridgehead atoms. The number of ketones is 2. The Morgan fingerprint density at radius 3 is 1.07 bits per heavy atom. The number of aryl methyl sites for hydroxylation is 2. The highest BCUT2D eigenvalue weighted by Crippen LogP contribution is 2.60. The fourth-order valence-corrected chi connectivity index (χ4v) is 22.1. The number of aromatic amines is 2. The maximum absolute atomic E-state index is 15.9. The van der Waals surface area contributed by atoms with Crippen LogP contribution in [-0.2, 0) is 110 Å². The molecular formula is C64H71F5N26O35P6.